The van der Waals surface area contributed by atoms with Crippen LogP contribution in [0.1, 0.15) is 11.3 Å². The Morgan fingerprint density at radius 3 is 2.89 bits per heavy atom. The lowest BCUT2D eigenvalue weighted by Crippen LogP contribution is -2.27. The van der Waals surface area contributed by atoms with Crippen molar-refractivity contribution in [2.24, 2.45) is 5.84 Å². The molecule has 1 aromatic carbocycles. The number of rotatable bonds is 3. The highest BCUT2D eigenvalue weighted by Gasteiger charge is 2.08. The number of benzene rings is 1. The van der Waals surface area contributed by atoms with Crippen LogP contribution in [-0.4, -0.2) is 5.91 Å². The van der Waals surface area contributed by atoms with Crippen LogP contribution in [0.25, 0.3) is 17.4 Å². The van der Waals surface area contributed by atoms with Crippen molar-refractivity contribution in [3.05, 3.63) is 52.8 Å². The van der Waals surface area contributed by atoms with Gasteiger partial charge in [-0.25, -0.2) is 5.84 Å². The summed E-state index contributed by atoms with van der Waals surface area (Å²) in [5, 5.41) is 0.688. The fourth-order valence-corrected chi connectivity index (χ4v) is 1.84. The summed E-state index contributed by atoms with van der Waals surface area (Å²) in [5.74, 6) is 5.85. The van der Waals surface area contributed by atoms with E-state index in [1.165, 1.54) is 6.08 Å². The van der Waals surface area contributed by atoms with Gasteiger partial charge in [0.1, 0.15) is 11.5 Å². The molecule has 0 unspecified atom stereocenters. The third kappa shape index (κ3) is 3.05. The number of hydrogen-bond acceptors (Lipinski definition) is 3. The normalized spacial score (nSPS) is 10.9. The van der Waals surface area contributed by atoms with Crippen molar-refractivity contribution in [2.75, 3.05) is 0 Å². The highest BCUT2D eigenvalue weighted by atomic mass is 35.5. The van der Waals surface area contributed by atoms with E-state index in [9.17, 15) is 4.79 Å². The van der Waals surface area contributed by atoms with Crippen molar-refractivity contribution in [2.45, 2.75) is 6.92 Å². The third-order valence-corrected chi connectivity index (χ3v) is 3.11. The number of carbonyl (C=O) groups is 1. The lowest BCUT2D eigenvalue weighted by Gasteiger charge is -2.03. The van der Waals surface area contributed by atoms with Crippen molar-refractivity contribution in [3.8, 4) is 11.3 Å². The average molecular weight is 277 g/mol. The van der Waals surface area contributed by atoms with Crippen LogP contribution in [0.4, 0.5) is 0 Å². The highest BCUT2D eigenvalue weighted by molar-refractivity contribution is 6.31. The Balaban J connectivity index is 2.28. The van der Waals surface area contributed by atoms with Crippen molar-refractivity contribution < 1.29 is 9.21 Å². The van der Waals surface area contributed by atoms with Crippen LogP contribution in [0, 0.1) is 6.92 Å². The number of amides is 1. The lowest BCUT2D eigenvalue weighted by molar-refractivity contribution is -0.116. The number of hydrazine groups is 1. The number of nitrogens with one attached hydrogen (secondary N) is 1. The molecule has 0 fully saturated rings. The zero-order valence-electron chi connectivity index (χ0n) is 10.3. The van der Waals surface area contributed by atoms with Crippen LogP contribution in [0.5, 0.6) is 0 Å². The fourth-order valence-electron chi connectivity index (χ4n) is 1.67. The van der Waals surface area contributed by atoms with E-state index in [2.05, 4.69) is 0 Å². The molecule has 0 saturated heterocycles. The van der Waals surface area contributed by atoms with Crippen LogP contribution in [-0.2, 0) is 4.79 Å². The molecular weight excluding hydrogens is 264 g/mol. The van der Waals surface area contributed by atoms with Gasteiger partial charge in [0.25, 0.3) is 5.91 Å². The number of halogens is 1. The maximum absolute atomic E-state index is 11.0. The summed E-state index contributed by atoms with van der Waals surface area (Å²) in [4.78, 5) is 11.0. The summed E-state index contributed by atoms with van der Waals surface area (Å²) in [6, 6.07) is 9.23. The quantitative estimate of drug-likeness (QED) is 0.392. The van der Waals surface area contributed by atoms with E-state index in [0.717, 1.165) is 11.1 Å². The van der Waals surface area contributed by atoms with Gasteiger partial charge in [-0.05, 0) is 36.8 Å². The average Bonchev–Trinajstić information content (AvgIpc) is 2.87. The van der Waals surface area contributed by atoms with Gasteiger partial charge in [-0.2, -0.15) is 0 Å². The molecule has 0 atom stereocenters. The molecule has 0 radical (unpaired) electrons. The Morgan fingerprint density at radius 2 is 2.16 bits per heavy atom. The molecule has 0 aliphatic heterocycles. The first-order chi connectivity index (χ1) is 9.11. The van der Waals surface area contributed by atoms with Gasteiger partial charge in [-0.1, -0.05) is 23.7 Å². The summed E-state index contributed by atoms with van der Waals surface area (Å²) >= 11 is 6.07. The molecule has 1 heterocycles. The van der Waals surface area contributed by atoms with E-state index in [4.69, 9.17) is 21.9 Å². The third-order valence-electron chi connectivity index (χ3n) is 2.70. The Morgan fingerprint density at radius 1 is 1.37 bits per heavy atom. The van der Waals surface area contributed by atoms with E-state index in [0.29, 0.717) is 16.5 Å². The summed E-state index contributed by atoms with van der Waals surface area (Å²) in [6.45, 7) is 1.93. The van der Waals surface area contributed by atoms with Gasteiger partial charge in [-0.3, -0.25) is 10.2 Å². The molecular formula is C14H13ClN2O2. The minimum Gasteiger partial charge on any atom is -0.457 e. The predicted molar refractivity (Wildman–Crippen MR) is 75.3 cm³/mol. The molecule has 1 aromatic heterocycles. The summed E-state index contributed by atoms with van der Waals surface area (Å²) in [5.41, 5.74) is 3.88. The standard InChI is InChI=1S/C14H13ClN2O2/c1-9-11(3-2-4-12(9)15)13-7-5-10(19-13)6-8-14(18)17-16/h2-8H,16H2,1H3,(H,17,18)/b8-6+. The largest absolute Gasteiger partial charge is 0.457 e. The Bertz CT molecular complexity index is 632. The second kappa shape index (κ2) is 5.73. The zero-order chi connectivity index (χ0) is 13.8. The molecule has 4 nitrogen and oxygen atoms in total. The number of carbonyl (C=O) groups excluding carboxylic acids is 1. The summed E-state index contributed by atoms with van der Waals surface area (Å²) in [6.07, 6.45) is 2.85. The van der Waals surface area contributed by atoms with Crippen LogP contribution < -0.4 is 11.3 Å². The fraction of sp³-hybridized carbons (Fsp3) is 0.0714. The van der Waals surface area contributed by atoms with Gasteiger partial charge in [0.05, 0.1) is 0 Å². The lowest BCUT2D eigenvalue weighted by atomic mass is 10.1. The van der Waals surface area contributed by atoms with Crippen LogP contribution in [0.3, 0.4) is 0 Å². The Hall–Kier alpha value is -2.04. The molecule has 2 rings (SSSR count). The molecule has 0 aliphatic carbocycles. The van der Waals surface area contributed by atoms with Crippen LogP contribution >= 0.6 is 11.6 Å². The van der Waals surface area contributed by atoms with Gasteiger partial charge < -0.3 is 4.42 Å². The SMILES string of the molecule is Cc1c(Cl)cccc1-c1ccc(/C=C/C(=O)NN)o1. The summed E-state index contributed by atoms with van der Waals surface area (Å²) in [7, 11) is 0. The topological polar surface area (TPSA) is 68.3 Å². The van der Waals surface area contributed by atoms with E-state index in [-0.39, 0.29) is 0 Å². The smallest absolute Gasteiger partial charge is 0.258 e. The molecule has 2 aromatic rings. The molecule has 0 saturated carbocycles. The van der Waals surface area contributed by atoms with Gasteiger partial charge in [0.15, 0.2) is 0 Å². The Kier molecular flexibility index (Phi) is 4.04. The van der Waals surface area contributed by atoms with E-state index >= 15 is 0 Å². The minimum absolute atomic E-state index is 0.392. The number of hydrogen-bond donors (Lipinski definition) is 2. The number of nitrogens with two attached hydrogens (primary N) is 1. The van der Waals surface area contributed by atoms with E-state index in [1.54, 1.807) is 12.1 Å². The van der Waals surface area contributed by atoms with Crippen molar-refractivity contribution in [1.82, 2.24) is 5.43 Å². The van der Waals surface area contributed by atoms with Crippen LogP contribution in [0.2, 0.25) is 5.02 Å². The maximum atomic E-state index is 11.0. The molecule has 0 aliphatic rings. The van der Waals surface area contributed by atoms with E-state index in [1.807, 2.05) is 36.6 Å². The molecule has 0 spiro atoms. The van der Waals surface area contributed by atoms with Gasteiger partial charge in [0.2, 0.25) is 0 Å². The van der Waals surface area contributed by atoms with Gasteiger partial charge in [-0.15, -0.1) is 0 Å². The first-order valence-corrected chi connectivity index (χ1v) is 6.03. The maximum Gasteiger partial charge on any atom is 0.258 e. The van der Waals surface area contributed by atoms with Crippen molar-refractivity contribution >= 4 is 23.6 Å². The molecule has 3 N–H and O–H groups in total. The molecule has 98 valence electrons. The predicted octanol–water partition coefficient (Wildman–Crippen LogP) is 2.91. The second-order valence-electron chi connectivity index (χ2n) is 3.96. The van der Waals surface area contributed by atoms with Crippen LogP contribution in [0.15, 0.2) is 40.8 Å². The molecule has 5 heteroatoms. The van der Waals surface area contributed by atoms with Gasteiger partial charge >= 0.3 is 0 Å². The van der Waals surface area contributed by atoms with Crippen molar-refractivity contribution in [3.63, 3.8) is 0 Å². The monoisotopic (exact) mass is 276 g/mol. The molecule has 19 heavy (non-hydrogen) atoms. The van der Waals surface area contributed by atoms with Gasteiger partial charge in [0, 0.05) is 16.7 Å². The zero-order valence-corrected chi connectivity index (χ0v) is 11.1. The van der Waals surface area contributed by atoms with Crippen molar-refractivity contribution in [1.29, 1.82) is 0 Å². The first-order valence-electron chi connectivity index (χ1n) is 5.66. The molecule has 1 amide bonds. The number of furan rings is 1. The second-order valence-corrected chi connectivity index (χ2v) is 4.36. The Labute approximate surface area is 115 Å². The highest BCUT2D eigenvalue weighted by Crippen LogP contribution is 2.29. The van der Waals surface area contributed by atoms with E-state index < -0.39 is 5.91 Å². The first kappa shape index (κ1) is 13.4. The summed E-state index contributed by atoms with van der Waals surface area (Å²) < 4.78 is 5.63. The minimum atomic E-state index is -0.392. The molecule has 0 bridgehead atoms.